The third-order valence-electron chi connectivity index (χ3n) is 3.87. The van der Waals surface area contributed by atoms with Gasteiger partial charge >= 0.3 is 0 Å². The van der Waals surface area contributed by atoms with Crippen molar-refractivity contribution < 1.29 is 9.90 Å². The summed E-state index contributed by atoms with van der Waals surface area (Å²) in [7, 11) is 0. The van der Waals surface area contributed by atoms with Gasteiger partial charge in [-0.1, -0.05) is 29.8 Å². The molecule has 1 aliphatic heterocycles. The van der Waals surface area contributed by atoms with E-state index in [0.717, 1.165) is 23.4 Å². The average molecular weight is 302 g/mol. The Balaban J connectivity index is 1.81. The predicted octanol–water partition coefficient (Wildman–Crippen LogP) is 2.72. The standard InChI is InChI=1S/C16H18N2O2S/c1-11-4-6-12(7-5-11)15-17-14(10-21-15)16(20)18-8-2-3-13(18)9-19/h4-7,10,13,19H,2-3,8-9H2,1H3/t13-/m1/s1. The molecule has 1 N–H and O–H groups in total. The monoisotopic (exact) mass is 302 g/mol. The molecule has 0 bridgehead atoms. The molecule has 0 unspecified atom stereocenters. The molecular formula is C16H18N2O2S. The van der Waals surface area contributed by atoms with Gasteiger partial charge < -0.3 is 10.0 Å². The molecule has 1 atom stereocenters. The summed E-state index contributed by atoms with van der Waals surface area (Å²) in [6, 6.07) is 8.08. The first kappa shape index (κ1) is 14.2. The van der Waals surface area contributed by atoms with Crippen LogP contribution in [0, 0.1) is 6.92 Å². The Labute approximate surface area is 128 Å². The van der Waals surface area contributed by atoms with Crippen LogP contribution in [0.25, 0.3) is 10.6 Å². The number of hydrogen-bond donors (Lipinski definition) is 1. The number of nitrogens with zero attached hydrogens (tertiary/aromatic N) is 2. The lowest BCUT2D eigenvalue weighted by atomic mass is 10.2. The van der Waals surface area contributed by atoms with Crippen LogP contribution in [0.1, 0.15) is 28.9 Å². The van der Waals surface area contributed by atoms with Gasteiger partial charge in [0.2, 0.25) is 0 Å². The molecule has 1 aromatic heterocycles. The number of aliphatic hydroxyl groups is 1. The number of benzene rings is 1. The number of amides is 1. The smallest absolute Gasteiger partial charge is 0.273 e. The van der Waals surface area contributed by atoms with Crippen LogP contribution in [0.15, 0.2) is 29.6 Å². The summed E-state index contributed by atoms with van der Waals surface area (Å²) < 4.78 is 0. The molecule has 0 radical (unpaired) electrons. The molecule has 2 aromatic rings. The number of aromatic nitrogens is 1. The SMILES string of the molecule is Cc1ccc(-c2nc(C(=O)N3CCC[C@@H]3CO)cs2)cc1. The predicted molar refractivity (Wildman–Crippen MR) is 83.4 cm³/mol. The van der Waals surface area contributed by atoms with Crippen molar-refractivity contribution in [2.75, 3.05) is 13.2 Å². The maximum absolute atomic E-state index is 12.5. The fourth-order valence-corrected chi connectivity index (χ4v) is 3.44. The van der Waals surface area contributed by atoms with Crippen molar-refractivity contribution in [1.82, 2.24) is 9.88 Å². The van der Waals surface area contributed by atoms with E-state index in [1.165, 1.54) is 16.9 Å². The van der Waals surface area contributed by atoms with Crippen molar-refractivity contribution in [1.29, 1.82) is 0 Å². The van der Waals surface area contributed by atoms with Gasteiger partial charge in [-0.2, -0.15) is 0 Å². The normalized spacial score (nSPS) is 18.2. The lowest BCUT2D eigenvalue weighted by Gasteiger charge is -2.21. The summed E-state index contributed by atoms with van der Waals surface area (Å²) in [6.07, 6.45) is 1.82. The van der Waals surface area contributed by atoms with Crippen LogP contribution in [-0.2, 0) is 0 Å². The zero-order valence-electron chi connectivity index (χ0n) is 12.0. The quantitative estimate of drug-likeness (QED) is 0.948. The molecule has 4 nitrogen and oxygen atoms in total. The zero-order valence-corrected chi connectivity index (χ0v) is 12.8. The molecule has 0 saturated carbocycles. The summed E-state index contributed by atoms with van der Waals surface area (Å²) in [4.78, 5) is 18.7. The second-order valence-electron chi connectivity index (χ2n) is 5.38. The highest BCUT2D eigenvalue weighted by molar-refractivity contribution is 7.13. The molecule has 0 spiro atoms. The molecule has 0 aliphatic carbocycles. The minimum absolute atomic E-state index is 0.0285. The summed E-state index contributed by atoms with van der Waals surface area (Å²) >= 11 is 1.48. The minimum atomic E-state index is -0.0684. The molecule has 1 saturated heterocycles. The van der Waals surface area contributed by atoms with Crippen LogP contribution in [0.3, 0.4) is 0 Å². The molecule has 21 heavy (non-hydrogen) atoms. The summed E-state index contributed by atoms with van der Waals surface area (Å²) in [5.41, 5.74) is 2.72. The summed E-state index contributed by atoms with van der Waals surface area (Å²) in [5.74, 6) is -0.0684. The largest absolute Gasteiger partial charge is 0.394 e. The van der Waals surface area contributed by atoms with E-state index in [1.807, 2.05) is 36.6 Å². The Morgan fingerprint density at radius 1 is 1.43 bits per heavy atom. The van der Waals surface area contributed by atoms with Crippen molar-refractivity contribution in [3.8, 4) is 10.6 Å². The third-order valence-corrected chi connectivity index (χ3v) is 4.76. The topological polar surface area (TPSA) is 53.4 Å². The van der Waals surface area contributed by atoms with E-state index in [0.29, 0.717) is 12.2 Å². The fraction of sp³-hybridized carbons (Fsp3) is 0.375. The first-order valence-electron chi connectivity index (χ1n) is 7.13. The molecule has 110 valence electrons. The van der Waals surface area contributed by atoms with E-state index in [1.54, 1.807) is 4.90 Å². The second kappa shape index (κ2) is 5.95. The van der Waals surface area contributed by atoms with Gasteiger partial charge in [-0.3, -0.25) is 4.79 Å². The number of thiazole rings is 1. The number of rotatable bonds is 3. The van der Waals surface area contributed by atoms with E-state index in [2.05, 4.69) is 4.98 Å². The lowest BCUT2D eigenvalue weighted by Crippen LogP contribution is -2.37. The fourth-order valence-electron chi connectivity index (χ4n) is 2.64. The number of aliphatic hydroxyl groups excluding tert-OH is 1. The van der Waals surface area contributed by atoms with Crippen LogP contribution in [0.5, 0.6) is 0 Å². The van der Waals surface area contributed by atoms with Crippen molar-refractivity contribution in [2.24, 2.45) is 0 Å². The van der Waals surface area contributed by atoms with Gasteiger partial charge in [0.1, 0.15) is 10.7 Å². The Morgan fingerprint density at radius 2 is 2.19 bits per heavy atom. The van der Waals surface area contributed by atoms with E-state index in [9.17, 15) is 9.90 Å². The van der Waals surface area contributed by atoms with Crippen molar-refractivity contribution in [2.45, 2.75) is 25.8 Å². The van der Waals surface area contributed by atoms with Crippen molar-refractivity contribution >= 4 is 17.2 Å². The minimum Gasteiger partial charge on any atom is -0.394 e. The van der Waals surface area contributed by atoms with Gasteiger partial charge in [-0.15, -0.1) is 11.3 Å². The molecule has 2 heterocycles. The van der Waals surface area contributed by atoms with Gasteiger partial charge in [-0.25, -0.2) is 4.98 Å². The van der Waals surface area contributed by atoms with Gasteiger partial charge in [0.15, 0.2) is 0 Å². The number of aryl methyl sites for hydroxylation is 1. The summed E-state index contributed by atoms with van der Waals surface area (Å²) in [5, 5.41) is 12.0. The van der Waals surface area contributed by atoms with Crippen LogP contribution in [-0.4, -0.2) is 40.1 Å². The van der Waals surface area contributed by atoms with Crippen LogP contribution < -0.4 is 0 Å². The second-order valence-corrected chi connectivity index (χ2v) is 6.24. The van der Waals surface area contributed by atoms with Crippen LogP contribution in [0.2, 0.25) is 0 Å². The Morgan fingerprint density at radius 3 is 2.90 bits per heavy atom. The molecule has 5 heteroatoms. The average Bonchev–Trinajstić information content (AvgIpc) is 3.16. The Kier molecular flexibility index (Phi) is 4.03. The van der Waals surface area contributed by atoms with Crippen LogP contribution >= 0.6 is 11.3 Å². The first-order chi connectivity index (χ1) is 10.2. The number of carbonyl (C=O) groups is 1. The van der Waals surface area contributed by atoms with E-state index in [-0.39, 0.29) is 18.6 Å². The molecule has 3 rings (SSSR count). The molecule has 1 amide bonds. The molecule has 1 aromatic carbocycles. The van der Waals surface area contributed by atoms with Gasteiger partial charge in [0.25, 0.3) is 5.91 Å². The molecular weight excluding hydrogens is 284 g/mol. The number of hydrogen-bond acceptors (Lipinski definition) is 4. The van der Waals surface area contributed by atoms with E-state index < -0.39 is 0 Å². The van der Waals surface area contributed by atoms with Gasteiger partial charge in [0, 0.05) is 17.5 Å². The van der Waals surface area contributed by atoms with Crippen molar-refractivity contribution in [3.05, 3.63) is 40.9 Å². The number of carbonyl (C=O) groups excluding carboxylic acids is 1. The first-order valence-corrected chi connectivity index (χ1v) is 8.01. The lowest BCUT2D eigenvalue weighted by molar-refractivity contribution is 0.0672. The maximum atomic E-state index is 12.5. The highest BCUT2D eigenvalue weighted by atomic mass is 32.1. The van der Waals surface area contributed by atoms with Crippen molar-refractivity contribution in [3.63, 3.8) is 0 Å². The molecule has 1 fully saturated rings. The zero-order chi connectivity index (χ0) is 14.8. The third kappa shape index (κ3) is 2.84. The Bertz CT molecular complexity index is 636. The van der Waals surface area contributed by atoms with E-state index >= 15 is 0 Å². The maximum Gasteiger partial charge on any atom is 0.273 e. The Hall–Kier alpha value is -1.72. The highest BCUT2D eigenvalue weighted by Crippen LogP contribution is 2.26. The highest BCUT2D eigenvalue weighted by Gasteiger charge is 2.30. The van der Waals surface area contributed by atoms with Crippen LogP contribution in [0.4, 0.5) is 0 Å². The number of likely N-dealkylation sites (tertiary alicyclic amines) is 1. The van der Waals surface area contributed by atoms with Gasteiger partial charge in [-0.05, 0) is 19.8 Å². The van der Waals surface area contributed by atoms with Gasteiger partial charge in [0.05, 0.1) is 12.6 Å². The van der Waals surface area contributed by atoms with E-state index in [4.69, 9.17) is 0 Å². The molecule has 1 aliphatic rings. The summed E-state index contributed by atoms with van der Waals surface area (Å²) in [6.45, 7) is 2.78.